The monoisotopic (exact) mass is 405 g/mol. The Morgan fingerprint density at radius 3 is 2.59 bits per heavy atom. The van der Waals surface area contributed by atoms with Crippen molar-refractivity contribution in [2.75, 3.05) is 11.9 Å². The Hall–Kier alpha value is -1.75. The highest BCUT2D eigenvalue weighted by molar-refractivity contribution is 6.35. The number of nitrogens with zero attached hydrogens (tertiary/aromatic N) is 1. The second-order valence-corrected chi connectivity index (χ2v) is 8.34. The van der Waals surface area contributed by atoms with Crippen LogP contribution in [0.2, 0.25) is 10.0 Å². The Morgan fingerprint density at radius 1 is 1.15 bits per heavy atom. The molecule has 3 rings (SSSR count). The molecule has 6 heteroatoms. The van der Waals surface area contributed by atoms with Crippen molar-refractivity contribution < 1.29 is 4.79 Å². The molecule has 2 aromatic rings. The lowest BCUT2D eigenvalue weighted by Gasteiger charge is -2.20. The number of halogens is 2. The molecule has 3 N–H and O–H groups in total. The van der Waals surface area contributed by atoms with Crippen LogP contribution in [0.3, 0.4) is 0 Å². The van der Waals surface area contributed by atoms with Gasteiger partial charge in [-0.1, -0.05) is 49.2 Å². The van der Waals surface area contributed by atoms with Crippen molar-refractivity contribution in [3.63, 3.8) is 0 Å². The average molecular weight is 406 g/mol. The first-order valence-corrected chi connectivity index (χ1v) is 9.93. The number of fused-ring (bicyclic) bond motifs is 1. The molecule has 0 bridgehead atoms. The minimum Gasteiger partial charge on any atom is -0.385 e. The molecule has 1 aliphatic rings. The third-order valence-corrected chi connectivity index (χ3v) is 5.31. The number of rotatable bonds is 6. The van der Waals surface area contributed by atoms with Crippen LogP contribution in [0.5, 0.6) is 0 Å². The summed E-state index contributed by atoms with van der Waals surface area (Å²) in [5.74, 6) is 0.517. The van der Waals surface area contributed by atoms with Crippen LogP contribution in [0.15, 0.2) is 36.4 Å². The van der Waals surface area contributed by atoms with Gasteiger partial charge in [0.05, 0.1) is 6.04 Å². The van der Waals surface area contributed by atoms with Crippen molar-refractivity contribution in [1.29, 1.82) is 0 Å². The van der Waals surface area contributed by atoms with Crippen molar-refractivity contribution in [2.24, 2.45) is 11.7 Å². The molecule has 27 heavy (non-hydrogen) atoms. The fourth-order valence-corrected chi connectivity index (χ4v) is 3.71. The second kappa shape index (κ2) is 8.51. The van der Waals surface area contributed by atoms with E-state index in [1.54, 1.807) is 12.1 Å². The zero-order valence-electron chi connectivity index (χ0n) is 15.6. The Labute approximate surface area is 170 Å². The molecule has 0 saturated heterocycles. The van der Waals surface area contributed by atoms with Gasteiger partial charge in [0.2, 0.25) is 5.91 Å². The molecule has 1 heterocycles. The van der Waals surface area contributed by atoms with Crippen LogP contribution in [0.25, 0.3) is 0 Å². The quantitative estimate of drug-likeness (QED) is 0.744. The third kappa shape index (κ3) is 4.95. The van der Waals surface area contributed by atoms with Gasteiger partial charge in [-0.25, -0.2) is 0 Å². The van der Waals surface area contributed by atoms with E-state index in [4.69, 9.17) is 28.9 Å². The Morgan fingerprint density at radius 2 is 1.89 bits per heavy atom. The van der Waals surface area contributed by atoms with Gasteiger partial charge in [-0.3, -0.25) is 4.79 Å². The van der Waals surface area contributed by atoms with Crippen molar-refractivity contribution in [1.82, 2.24) is 4.90 Å². The third-order valence-electron chi connectivity index (χ3n) is 4.73. The second-order valence-electron chi connectivity index (χ2n) is 7.50. The standard InChI is InChI=1S/C21H25Cl2N3O/c1-13(2)10-25-18-6-4-15-11-26(12-16(15)7-18)21(27)20(24)8-14-3-5-17(22)9-19(14)23/h3-7,9,13,20,25H,8,10-12,24H2,1-2H3/t20-/m1/s1. The molecule has 0 aromatic heterocycles. The predicted octanol–water partition coefficient (Wildman–Crippen LogP) is 4.47. The number of nitrogens with one attached hydrogen (secondary N) is 1. The lowest BCUT2D eigenvalue weighted by Crippen LogP contribution is -2.42. The van der Waals surface area contributed by atoms with Gasteiger partial charge in [-0.15, -0.1) is 0 Å². The van der Waals surface area contributed by atoms with Gasteiger partial charge in [0, 0.05) is 35.4 Å². The lowest BCUT2D eigenvalue weighted by molar-refractivity contribution is -0.133. The van der Waals surface area contributed by atoms with Gasteiger partial charge < -0.3 is 16.0 Å². The van der Waals surface area contributed by atoms with Crippen LogP contribution in [0, 0.1) is 5.92 Å². The van der Waals surface area contributed by atoms with Crippen LogP contribution < -0.4 is 11.1 Å². The summed E-state index contributed by atoms with van der Waals surface area (Å²) in [6.45, 7) is 6.46. The van der Waals surface area contributed by atoms with E-state index < -0.39 is 6.04 Å². The topological polar surface area (TPSA) is 58.4 Å². The Bertz CT molecular complexity index is 838. The summed E-state index contributed by atoms with van der Waals surface area (Å²) in [6, 6.07) is 10.9. The maximum absolute atomic E-state index is 12.8. The summed E-state index contributed by atoms with van der Waals surface area (Å²) < 4.78 is 0. The van der Waals surface area contributed by atoms with Gasteiger partial charge in [-0.2, -0.15) is 0 Å². The lowest BCUT2D eigenvalue weighted by atomic mass is 10.1. The highest BCUT2D eigenvalue weighted by Gasteiger charge is 2.27. The number of nitrogens with two attached hydrogens (primary N) is 1. The number of hydrogen-bond acceptors (Lipinski definition) is 3. The van der Waals surface area contributed by atoms with E-state index in [1.165, 1.54) is 11.1 Å². The normalized spacial score (nSPS) is 14.4. The van der Waals surface area contributed by atoms with Crippen LogP contribution in [0.4, 0.5) is 5.69 Å². The Kier molecular flexibility index (Phi) is 6.30. The van der Waals surface area contributed by atoms with Crippen molar-refractivity contribution in [3.05, 3.63) is 63.1 Å². The van der Waals surface area contributed by atoms with E-state index in [2.05, 4.69) is 37.4 Å². The maximum atomic E-state index is 12.8. The van der Waals surface area contributed by atoms with Gasteiger partial charge in [-0.05, 0) is 53.3 Å². The number of anilines is 1. The van der Waals surface area contributed by atoms with Crippen molar-refractivity contribution in [2.45, 2.75) is 39.4 Å². The number of benzene rings is 2. The molecule has 0 saturated carbocycles. The SMILES string of the molecule is CC(C)CNc1ccc2c(c1)CN(C(=O)[C@H](N)Cc1ccc(Cl)cc1Cl)C2. The molecule has 1 amide bonds. The molecule has 1 aliphatic heterocycles. The molecular weight excluding hydrogens is 381 g/mol. The van der Waals surface area contributed by atoms with Gasteiger partial charge >= 0.3 is 0 Å². The van der Waals surface area contributed by atoms with Gasteiger partial charge in [0.25, 0.3) is 0 Å². The van der Waals surface area contributed by atoms with Gasteiger partial charge in [0.1, 0.15) is 0 Å². The molecule has 4 nitrogen and oxygen atoms in total. The first-order valence-electron chi connectivity index (χ1n) is 9.17. The average Bonchev–Trinajstić information content (AvgIpc) is 3.04. The zero-order valence-corrected chi connectivity index (χ0v) is 17.1. The highest BCUT2D eigenvalue weighted by atomic mass is 35.5. The smallest absolute Gasteiger partial charge is 0.240 e. The van der Waals surface area contributed by atoms with E-state index in [0.717, 1.165) is 17.8 Å². The summed E-state index contributed by atoms with van der Waals surface area (Å²) in [5.41, 5.74) is 10.5. The molecule has 0 aliphatic carbocycles. The number of carbonyl (C=O) groups is 1. The molecular formula is C21H25Cl2N3O. The molecule has 0 spiro atoms. The van der Waals surface area contributed by atoms with E-state index in [-0.39, 0.29) is 5.91 Å². The summed E-state index contributed by atoms with van der Waals surface area (Å²) >= 11 is 12.1. The summed E-state index contributed by atoms with van der Waals surface area (Å²) in [5, 5.41) is 4.54. The maximum Gasteiger partial charge on any atom is 0.240 e. The number of hydrogen-bond donors (Lipinski definition) is 2. The van der Waals surface area contributed by atoms with E-state index in [1.807, 2.05) is 11.0 Å². The van der Waals surface area contributed by atoms with E-state index >= 15 is 0 Å². The van der Waals surface area contributed by atoms with Crippen LogP contribution in [-0.2, 0) is 24.3 Å². The van der Waals surface area contributed by atoms with Crippen molar-refractivity contribution >= 4 is 34.8 Å². The molecule has 2 aromatic carbocycles. The largest absolute Gasteiger partial charge is 0.385 e. The fraction of sp³-hybridized carbons (Fsp3) is 0.381. The number of amides is 1. The predicted molar refractivity (Wildman–Crippen MR) is 112 cm³/mol. The minimum atomic E-state index is -0.628. The molecule has 144 valence electrons. The van der Waals surface area contributed by atoms with Gasteiger partial charge in [0.15, 0.2) is 0 Å². The number of carbonyl (C=O) groups excluding carboxylic acids is 1. The first-order chi connectivity index (χ1) is 12.8. The van der Waals surface area contributed by atoms with Crippen molar-refractivity contribution in [3.8, 4) is 0 Å². The van der Waals surface area contributed by atoms with E-state index in [0.29, 0.717) is 35.5 Å². The van der Waals surface area contributed by atoms with Crippen LogP contribution in [0.1, 0.15) is 30.5 Å². The van der Waals surface area contributed by atoms with Crippen LogP contribution >= 0.6 is 23.2 Å². The fourth-order valence-electron chi connectivity index (χ4n) is 3.23. The van der Waals surface area contributed by atoms with E-state index in [9.17, 15) is 4.79 Å². The molecule has 0 unspecified atom stereocenters. The molecule has 1 atom stereocenters. The molecule has 0 fully saturated rings. The summed E-state index contributed by atoms with van der Waals surface area (Å²) in [4.78, 5) is 14.6. The molecule has 0 radical (unpaired) electrons. The Balaban J connectivity index is 1.63. The zero-order chi connectivity index (χ0) is 19.6. The summed E-state index contributed by atoms with van der Waals surface area (Å²) in [7, 11) is 0. The van der Waals surface area contributed by atoms with Crippen LogP contribution in [-0.4, -0.2) is 23.4 Å². The first kappa shape index (κ1) is 20.0. The summed E-state index contributed by atoms with van der Waals surface area (Å²) in [6.07, 6.45) is 0.392. The highest BCUT2D eigenvalue weighted by Crippen LogP contribution is 2.27. The minimum absolute atomic E-state index is 0.0612.